The number of cyclic esters (lactones) is 1. The van der Waals surface area contributed by atoms with Gasteiger partial charge in [-0.3, -0.25) is 24.1 Å². The van der Waals surface area contributed by atoms with Gasteiger partial charge in [0, 0.05) is 52.3 Å². The molecule has 6 rings (SSSR count). The summed E-state index contributed by atoms with van der Waals surface area (Å²) in [6.07, 6.45) is 7.24. The molecular formula is C33H42N4O8. The molecule has 5 aliphatic rings. The Balaban J connectivity index is 1.34. The molecule has 6 atom stereocenters. The first-order valence-corrected chi connectivity index (χ1v) is 16.0. The third kappa shape index (κ3) is 6.29. The largest absolute Gasteiger partial charge is 0.463 e. The van der Waals surface area contributed by atoms with E-state index in [0.717, 1.165) is 18.7 Å². The summed E-state index contributed by atoms with van der Waals surface area (Å²) in [4.78, 5) is 61.0. The van der Waals surface area contributed by atoms with Crippen LogP contribution in [0.4, 0.5) is 0 Å². The van der Waals surface area contributed by atoms with E-state index in [1.165, 1.54) is 4.90 Å². The van der Waals surface area contributed by atoms with E-state index in [2.05, 4.69) is 10.2 Å². The van der Waals surface area contributed by atoms with Gasteiger partial charge in [0.2, 0.25) is 17.7 Å². The van der Waals surface area contributed by atoms with Crippen molar-refractivity contribution in [3.63, 3.8) is 0 Å². The number of nitrogens with one attached hydrogen (secondary N) is 1. The lowest BCUT2D eigenvalue weighted by Gasteiger charge is -2.36. The number of amides is 3. The number of carbonyl (C=O) groups excluding carboxylic acids is 4. The van der Waals surface area contributed by atoms with Gasteiger partial charge in [0.05, 0.1) is 37.2 Å². The molecule has 12 nitrogen and oxygen atoms in total. The van der Waals surface area contributed by atoms with E-state index in [1.807, 2.05) is 42.5 Å². The molecule has 0 radical (unpaired) electrons. The van der Waals surface area contributed by atoms with Crippen LogP contribution in [0.1, 0.15) is 30.9 Å². The Labute approximate surface area is 262 Å². The lowest BCUT2D eigenvalue weighted by molar-refractivity contribution is -0.148. The first kappa shape index (κ1) is 31.4. The Kier molecular flexibility index (Phi) is 9.64. The highest BCUT2D eigenvalue weighted by Gasteiger charge is 2.71. The Morgan fingerprint density at radius 2 is 1.78 bits per heavy atom. The number of allylic oxidation sites excluding steroid dienone is 1. The summed E-state index contributed by atoms with van der Waals surface area (Å²) in [6.45, 7) is 4.37. The number of aliphatic hydroxyl groups is 1. The monoisotopic (exact) mass is 622 g/mol. The first-order chi connectivity index (χ1) is 21.9. The number of rotatable bonds is 7. The van der Waals surface area contributed by atoms with Gasteiger partial charge in [0.15, 0.2) is 0 Å². The number of ether oxygens (including phenoxy) is 3. The van der Waals surface area contributed by atoms with Gasteiger partial charge in [-0.15, -0.1) is 0 Å². The number of fused-ring (bicyclic) bond motifs is 2. The van der Waals surface area contributed by atoms with Crippen molar-refractivity contribution in [2.75, 3.05) is 65.7 Å². The van der Waals surface area contributed by atoms with Gasteiger partial charge >= 0.3 is 5.97 Å². The highest BCUT2D eigenvalue weighted by Crippen LogP contribution is 2.52. The molecule has 5 heterocycles. The second-order valence-corrected chi connectivity index (χ2v) is 12.2. The molecule has 0 unspecified atom stereocenters. The van der Waals surface area contributed by atoms with Gasteiger partial charge in [0.1, 0.15) is 18.2 Å². The molecule has 1 aromatic carbocycles. The minimum absolute atomic E-state index is 0.0535. The van der Waals surface area contributed by atoms with Crippen LogP contribution in [0.2, 0.25) is 0 Å². The Hall–Kier alpha value is -3.58. The van der Waals surface area contributed by atoms with Gasteiger partial charge in [-0.1, -0.05) is 54.6 Å². The fraction of sp³-hybridized carbons (Fsp3) is 0.576. The van der Waals surface area contributed by atoms with E-state index in [9.17, 15) is 24.3 Å². The molecular weight excluding hydrogens is 580 g/mol. The van der Waals surface area contributed by atoms with Crippen molar-refractivity contribution in [2.45, 2.75) is 43.1 Å². The average molecular weight is 623 g/mol. The fourth-order valence-electron chi connectivity index (χ4n) is 7.25. The van der Waals surface area contributed by atoms with Crippen molar-refractivity contribution in [3.05, 3.63) is 60.2 Å². The highest BCUT2D eigenvalue weighted by atomic mass is 16.5. The highest BCUT2D eigenvalue weighted by molar-refractivity contribution is 5.99. The maximum absolute atomic E-state index is 14.4. The van der Waals surface area contributed by atoms with Gasteiger partial charge in [0.25, 0.3) is 0 Å². The van der Waals surface area contributed by atoms with Crippen LogP contribution in [0.5, 0.6) is 0 Å². The topological polar surface area (TPSA) is 138 Å². The van der Waals surface area contributed by atoms with Gasteiger partial charge < -0.3 is 34.4 Å². The van der Waals surface area contributed by atoms with Crippen LogP contribution in [0.15, 0.2) is 54.6 Å². The van der Waals surface area contributed by atoms with E-state index >= 15 is 0 Å². The molecule has 45 heavy (non-hydrogen) atoms. The molecule has 12 heteroatoms. The van der Waals surface area contributed by atoms with E-state index in [1.54, 1.807) is 17.1 Å². The van der Waals surface area contributed by atoms with Crippen molar-refractivity contribution in [2.24, 2.45) is 11.8 Å². The molecule has 3 saturated heterocycles. The van der Waals surface area contributed by atoms with E-state index in [0.29, 0.717) is 39.3 Å². The summed E-state index contributed by atoms with van der Waals surface area (Å²) in [5, 5.41) is 12.7. The Morgan fingerprint density at radius 3 is 2.56 bits per heavy atom. The van der Waals surface area contributed by atoms with Crippen molar-refractivity contribution in [3.8, 4) is 0 Å². The second-order valence-electron chi connectivity index (χ2n) is 12.2. The summed E-state index contributed by atoms with van der Waals surface area (Å²) in [7, 11) is 0. The molecule has 5 aliphatic heterocycles. The van der Waals surface area contributed by atoms with Crippen LogP contribution >= 0.6 is 0 Å². The van der Waals surface area contributed by atoms with Crippen molar-refractivity contribution < 1.29 is 38.5 Å². The van der Waals surface area contributed by atoms with Gasteiger partial charge in [-0.25, -0.2) is 0 Å². The number of hydrogen-bond acceptors (Lipinski definition) is 9. The lowest BCUT2D eigenvalue weighted by atomic mass is 9.77. The number of likely N-dealkylation sites (tertiary alicyclic amines) is 1. The third-order valence-corrected chi connectivity index (χ3v) is 9.50. The van der Waals surface area contributed by atoms with Crippen molar-refractivity contribution in [1.29, 1.82) is 0 Å². The number of morpholine rings is 1. The zero-order chi connectivity index (χ0) is 31.4. The second kappa shape index (κ2) is 13.8. The summed E-state index contributed by atoms with van der Waals surface area (Å²) in [5.74, 6) is -3.26. The van der Waals surface area contributed by atoms with Gasteiger partial charge in [-0.2, -0.15) is 0 Å². The summed E-state index contributed by atoms with van der Waals surface area (Å²) >= 11 is 0. The minimum atomic E-state index is -1.37. The van der Waals surface area contributed by atoms with Crippen LogP contribution < -0.4 is 5.32 Å². The maximum Gasteiger partial charge on any atom is 0.306 e. The van der Waals surface area contributed by atoms with Crippen molar-refractivity contribution in [1.82, 2.24) is 20.0 Å². The quantitative estimate of drug-likeness (QED) is 0.328. The standard InChI is InChI=1S/C33H42N4O8/c38-19-7-14-37-29-32(42)36(16-15-35-17-20-43-21-18-35)13-6-12-33(29)28(31(37)41)27-25(45-33)10-4-5-11-26(39)44-22-24(34-30(27)40)23-8-2-1-3-9-23/h1-4,6,8-10,12,24-25,27-29,38H,5,7,11,13-22H2,(H,34,40)/b10-4-/t24-,25+,27-,28-,29+,33-/m1/s1. The molecule has 242 valence electrons. The third-order valence-electron chi connectivity index (χ3n) is 9.50. The Morgan fingerprint density at radius 1 is 0.978 bits per heavy atom. The smallest absolute Gasteiger partial charge is 0.306 e. The predicted octanol–water partition coefficient (Wildman–Crippen LogP) is 0.431. The summed E-state index contributed by atoms with van der Waals surface area (Å²) < 4.78 is 17.7. The summed E-state index contributed by atoms with van der Waals surface area (Å²) in [5.41, 5.74) is -0.611. The summed E-state index contributed by atoms with van der Waals surface area (Å²) in [6, 6.07) is 7.62. The number of nitrogens with zero attached hydrogens (tertiary/aromatic N) is 3. The number of carbonyl (C=O) groups is 4. The van der Waals surface area contributed by atoms with Crippen LogP contribution in [0.25, 0.3) is 0 Å². The maximum atomic E-state index is 14.4. The zero-order valence-corrected chi connectivity index (χ0v) is 25.4. The molecule has 0 bridgehead atoms. The van der Waals surface area contributed by atoms with Gasteiger partial charge in [-0.05, 0) is 18.4 Å². The average Bonchev–Trinajstić information content (AvgIpc) is 3.44. The molecule has 3 amide bonds. The van der Waals surface area contributed by atoms with Crippen LogP contribution in [0.3, 0.4) is 0 Å². The molecule has 3 fully saturated rings. The zero-order valence-electron chi connectivity index (χ0n) is 25.4. The number of hydrogen-bond donors (Lipinski definition) is 2. The number of aliphatic hydroxyl groups excluding tert-OH is 1. The number of esters is 1. The van der Waals surface area contributed by atoms with Crippen LogP contribution in [-0.4, -0.2) is 127 Å². The normalized spacial score (nSPS) is 33.3. The fourth-order valence-corrected chi connectivity index (χ4v) is 7.25. The van der Waals surface area contributed by atoms with E-state index in [-0.39, 0.29) is 50.4 Å². The number of benzene rings is 1. The SMILES string of the molecule is O=C1CC/C=C\[C@@H]2O[C@@]34C=CCN(CCN5CCOCC5)C(=O)[C@@H]3N(CCCO)C(=O)[C@H]4[C@@H]2C(=O)N[C@@H](c2ccccc2)CO1. The molecule has 0 aromatic heterocycles. The molecule has 0 aliphatic carbocycles. The van der Waals surface area contributed by atoms with Crippen LogP contribution in [-0.2, 0) is 33.4 Å². The molecule has 1 aromatic rings. The minimum Gasteiger partial charge on any atom is -0.463 e. The molecule has 0 saturated carbocycles. The predicted molar refractivity (Wildman–Crippen MR) is 161 cm³/mol. The van der Waals surface area contributed by atoms with Crippen LogP contribution in [0, 0.1) is 11.8 Å². The first-order valence-electron chi connectivity index (χ1n) is 16.0. The van der Waals surface area contributed by atoms with E-state index < -0.39 is 41.5 Å². The molecule has 1 spiro atoms. The lowest BCUT2D eigenvalue weighted by Crippen LogP contribution is -2.56. The molecule has 2 N–H and O–H groups in total. The Bertz CT molecular complexity index is 1310. The van der Waals surface area contributed by atoms with Crippen molar-refractivity contribution >= 4 is 23.7 Å². The van der Waals surface area contributed by atoms with E-state index in [4.69, 9.17) is 14.2 Å².